The topological polar surface area (TPSA) is 61.3 Å². The minimum absolute atomic E-state index is 0.133. The third-order valence-electron chi connectivity index (χ3n) is 8.02. The molecule has 8 heteroatoms. The molecule has 4 atom stereocenters. The number of alkyl halides is 3. The molecule has 3 aromatic rings. The highest BCUT2D eigenvalue weighted by Crippen LogP contribution is 2.32. The molecule has 4 unspecified atom stereocenters. The molecular formula is C37H49F3N2O3. The summed E-state index contributed by atoms with van der Waals surface area (Å²) in [5, 5.41) is 0. The van der Waals surface area contributed by atoms with Gasteiger partial charge in [-0.15, -0.1) is 0 Å². The fourth-order valence-electron chi connectivity index (χ4n) is 5.15. The molecule has 0 N–H and O–H groups in total. The van der Waals surface area contributed by atoms with Crippen molar-refractivity contribution in [3.05, 3.63) is 60.9 Å². The lowest BCUT2D eigenvalue weighted by Crippen LogP contribution is -2.34. The Bertz CT molecular complexity index is 1280. The highest BCUT2D eigenvalue weighted by atomic mass is 19.2. The number of ether oxygens (including phenoxy) is 2. The van der Waals surface area contributed by atoms with Gasteiger partial charge in [0, 0.05) is 18.0 Å². The summed E-state index contributed by atoms with van der Waals surface area (Å²) in [5.41, 5.74) is 0.0432. The van der Waals surface area contributed by atoms with E-state index in [0.29, 0.717) is 30.0 Å². The third kappa shape index (κ3) is 11.5. The number of hydrogen-bond acceptors (Lipinski definition) is 5. The summed E-state index contributed by atoms with van der Waals surface area (Å²) in [4.78, 5) is 21.5. The number of esters is 1. The van der Waals surface area contributed by atoms with Crippen LogP contribution in [0.25, 0.3) is 22.5 Å². The van der Waals surface area contributed by atoms with Crippen LogP contribution >= 0.6 is 0 Å². The molecular weight excluding hydrogens is 577 g/mol. The van der Waals surface area contributed by atoms with Crippen molar-refractivity contribution in [2.24, 2.45) is 0 Å². The molecule has 3 rings (SSSR count). The van der Waals surface area contributed by atoms with Crippen LogP contribution in [0.1, 0.15) is 105 Å². The first-order valence-electron chi connectivity index (χ1n) is 16.5. The summed E-state index contributed by atoms with van der Waals surface area (Å²) in [6, 6.07) is 13.9. The number of halogens is 3. The zero-order valence-electron chi connectivity index (χ0n) is 27.2. The van der Waals surface area contributed by atoms with Gasteiger partial charge in [0.05, 0.1) is 5.56 Å². The van der Waals surface area contributed by atoms with Gasteiger partial charge < -0.3 is 9.47 Å². The van der Waals surface area contributed by atoms with Crippen LogP contribution in [0.3, 0.4) is 0 Å². The predicted octanol–water partition coefficient (Wildman–Crippen LogP) is 10.6. The van der Waals surface area contributed by atoms with Gasteiger partial charge in [-0.3, -0.25) is 0 Å². The molecule has 0 saturated heterocycles. The van der Waals surface area contributed by atoms with E-state index in [9.17, 15) is 18.0 Å². The van der Waals surface area contributed by atoms with E-state index in [1.54, 1.807) is 54.9 Å². The number of nitrogens with zero attached hydrogens (tertiary/aromatic N) is 2. The zero-order chi connectivity index (χ0) is 32.7. The van der Waals surface area contributed by atoms with Crippen LogP contribution in [0, 0.1) is 0 Å². The van der Waals surface area contributed by atoms with E-state index < -0.39 is 30.1 Å². The monoisotopic (exact) mass is 626 g/mol. The van der Waals surface area contributed by atoms with E-state index in [1.165, 1.54) is 13.8 Å². The Morgan fingerprint density at radius 1 is 0.822 bits per heavy atom. The number of unbranched alkanes of at least 4 members (excludes halogenated alkanes) is 8. The van der Waals surface area contributed by atoms with E-state index >= 15 is 0 Å². The molecule has 5 nitrogen and oxygen atoms in total. The number of benzene rings is 2. The maximum Gasteiger partial charge on any atom is 0.348 e. The predicted molar refractivity (Wildman–Crippen MR) is 175 cm³/mol. The molecule has 45 heavy (non-hydrogen) atoms. The summed E-state index contributed by atoms with van der Waals surface area (Å²) in [6.45, 7) is 6.75. The Kier molecular flexibility index (Phi) is 14.8. The maximum absolute atomic E-state index is 14.9. The molecule has 0 fully saturated rings. The molecule has 0 aliphatic rings. The minimum atomic E-state index is -2.04. The van der Waals surface area contributed by atoms with Crippen LogP contribution in [-0.2, 0) is 4.79 Å². The Morgan fingerprint density at radius 2 is 1.42 bits per heavy atom. The van der Waals surface area contributed by atoms with Crippen LogP contribution in [-0.4, -0.2) is 40.1 Å². The van der Waals surface area contributed by atoms with Gasteiger partial charge in [0.1, 0.15) is 23.8 Å². The highest BCUT2D eigenvalue weighted by Gasteiger charge is 2.34. The van der Waals surface area contributed by atoms with Crippen molar-refractivity contribution in [1.29, 1.82) is 0 Å². The van der Waals surface area contributed by atoms with Crippen LogP contribution in [0.4, 0.5) is 13.2 Å². The Balaban J connectivity index is 1.66. The van der Waals surface area contributed by atoms with E-state index in [1.807, 2.05) is 6.07 Å². The number of hydrogen-bond donors (Lipinski definition) is 0. The molecule has 0 aliphatic carbocycles. The van der Waals surface area contributed by atoms with E-state index in [4.69, 9.17) is 9.47 Å². The lowest BCUT2D eigenvalue weighted by Gasteiger charge is -2.24. The average Bonchev–Trinajstić information content (AvgIpc) is 3.04. The van der Waals surface area contributed by atoms with Crippen molar-refractivity contribution >= 4 is 5.97 Å². The van der Waals surface area contributed by atoms with E-state index in [-0.39, 0.29) is 12.2 Å². The standard InChI is InChI=1S/C37H49F3N2O3/c1-5-7-9-11-13-19-33(34(39)27(3)38)45-32-18-15-14-17-31(32)35-41-25-29(26-42-35)28-20-22-30(23-21-28)44-36(43)37(4,40)24-16-12-10-8-6-2/h14-15,17-18,20-23,25-27,33-34H,5-13,16,19,24H2,1-4H3. The summed E-state index contributed by atoms with van der Waals surface area (Å²) >= 11 is 0. The van der Waals surface area contributed by atoms with Crippen molar-refractivity contribution in [1.82, 2.24) is 9.97 Å². The van der Waals surface area contributed by atoms with Crippen LogP contribution < -0.4 is 9.47 Å². The molecule has 1 heterocycles. The van der Waals surface area contributed by atoms with Gasteiger partial charge in [-0.2, -0.15) is 0 Å². The highest BCUT2D eigenvalue weighted by molar-refractivity contribution is 5.81. The molecule has 0 aliphatic heterocycles. The molecule has 246 valence electrons. The Hall–Kier alpha value is -3.42. The largest absolute Gasteiger partial charge is 0.487 e. The number of carbonyl (C=O) groups is 1. The minimum Gasteiger partial charge on any atom is -0.487 e. The van der Waals surface area contributed by atoms with E-state index in [2.05, 4.69) is 23.8 Å². The first kappa shape index (κ1) is 36.1. The molecule has 2 aromatic carbocycles. The number of rotatable bonds is 20. The zero-order valence-corrected chi connectivity index (χ0v) is 27.2. The van der Waals surface area contributed by atoms with Gasteiger partial charge in [0.2, 0.25) is 5.67 Å². The van der Waals surface area contributed by atoms with Crippen LogP contribution in [0.15, 0.2) is 60.9 Å². The summed E-state index contributed by atoms with van der Waals surface area (Å²) in [5.74, 6) is 0.162. The second-order valence-electron chi connectivity index (χ2n) is 12.0. The lowest BCUT2D eigenvalue weighted by molar-refractivity contribution is -0.147. The van der Waals surface area contributed by atoms with Gasteiger partial charge >= 0.3 is 5.97 Å². The molecule has 0 saturated carbocycles. The molecule has 0 bridgehead atoms. The first-order valence-corrected chi connectivity index (χ1v) is 16.5. The molecule has 0 radical (unpaired) electrons. The molecule has 0 amide bonds. The van der Waals surface area contributed by atoms with Crippen molar-refractivity contribution in [2.45, 2.75) is 129 Å². The summed E-state index contributed by atoms with van der Waals surface area (Å²) in [7, 11) is 0. The molecule has 0 spiro atoms. The van der Waals surface area contributed by atoms with Gasteiger partial charge in [-0.25, -0.2) is 27.9 Å². The maximum atomic E-state index is 14.9. The Labute approximate surface area is 267 Å². The normalized spacial score (nSPS) is 14.7. The SMILES string of the molecule is CCCCCCCC(Oc1ccccc1-c1ncc(-c2ccc(OC(=O)C(C)(F)CCCCCCC)cc2)cn1)C(F)C(C)F. The van der Waals surface area contributed by atoms with E-state index in [0.717, 1.165) is 68.9 Å². The van der Waals surface area contributed by atoms with Crippen molar-refractivity contribution < 1.29 is 27.4 Å². The van der Waals surface area contributed by atoms with Gasteiger partial charge in [-0.05, 0) is 69.4 Å². The average molecular weight is 627 g/mol. The number of aromatic nitrogens is 2. The smallest absolute Gasteiger partial charge is 0.348 e. The van der Waals surface area contributed by atoms with Crippen molar-refractivity contribution in [3.8, 4) is 34.0 Å². The van der Waals surface area contributed by atoms with Gasteiger partial charge in [-0.1, -0.05) is 89.5 Å². The fraction of sp³-hybridized carbons (Fsp3) is 0.541. The second-order valence-corrected chi connectivity index (χ2v) is 12.0. The number of para-hydroxylation sites is 1. The first-order chi connectivity index (χ1) is 21.7. The fourth-order valence-corrected chi connectivity index (χ4v) is 5.15. The second kappa shape index (κ2) is 18.5. The van der Waals surface area contributed by atoms with Gasteiger partial charge in [0.25, 0.3) is 0 Å². The Morgan fingerprint density at radius 3 is 2.04 bits per heavy atom. The lowest BCUT2D eigenvalue weighted by atomic mass is 9.99. The van der Waals surface area contributed by atoms with Crippen LogP contribution in [0.5, 0.6) is 11.5 Å². The quantitative estimate of drug-likeness (QED) is 0.0709. The third-order valence-corrected chi connectivity index (χ3v) is 8.02. The molecule has 1 aromatic heterocycles. The van der Waals surface area contributed by atoms with Crippen molar-refractivity contribution in [2.75, 3.05) is 0 Å². The summed E-state index contributed by atoms with van der Waals surface area (Å²) < 4.78 is 55.3. The summed E-state index contributed by atoms with van der Waals surface area (Å²) in [6.07, 6.45) is 9.34. The van der Waals surface area contributed by atoms with Crippen molar-refractivity contribution in [3.63, 3.8) is 0 Å². The van der Waals surface area contributed by atoms with Gasteiger partial charge in [0.15, 0.2) is 12.0 Å². The number of carbonyl (C=O) groups excluding carboxylic acids is 1. The van der Waals surface area contributed by atoms with Crippen LogP contribution in [0.2, 0.25) is 0 Å².